The van der Waals surface area contributed by atoms with Crippen molar-refractivity contribution in [2.45, 2.75) is 46.5 Å². The average Bonchev–Trinajstić information content (AvgIpc) is 2.36. The minimum absolute atomic E-state index is 0.709. The largest absolute Gasteiger partial charge is 0.477 e. The molecule has 0 aromatic carbocycles. The van der Waals surface area contributed by atoms with Crippen molar-refractivity contribution in [2.24, 2.45) is 0 Å². The molecule has 1 aromatic rings. The second kappa shape index (κ2) is 7.87. The molecule has 1 aromatic heterocycles. The van der Waals surface area contributed by atoms with Crippen LogP contribution in [0.15, 0.2) is 6.33 Å². The van der Waals surface area contributed by atoms with Crippen molar-refractivity contribution in [3.05, 3.63) is 11.9 Å². The van der Waals surface area contributed by atoms with Crippen molar-refractivity contribution in [1.29, 1.82) is 0 Å². The van der Waals surface area contributed by atoms with Gasteiger partial charge in [0.2, 0.25) is 5.88 Å². The maximum Gasteiger partial charge on any atom is 0.221 e. The third-order valence-electron chi connectivity index (χ3n) is 2.39. The Labute approximate surface area is 104 Å². The predicted molar refractivity (Wildman–Crippen MR) is 70.6 cm³/mol. The third-order valence-corrected chi connectivity index (χ3v) is 2.39. The number of anilines is 1. The van der Waals surface area contributed by atoms with E-state index in [9.17, 15) is 0 Å². The summed E-state index contributed by atoms with van der Waals surface area (Å²) in [5.74, 6) is 1.66. The maximum absolute atomic E-state index is 5.67. The van der Waals surface area contributed by atoms with Crippen LogP contribution in [0, 0.1) is 0 Å². The molecule has 0 aliphatic heterocycles. The summed E-state index contributed by atoms with van der Waals surface area (Å²) in [6.07, 6.45) is 5.67. The summed E-state index contributed by atoms with van der Waals surface area (Å²) in [4.78, 5) is 8.53. The minimum atomic E-state index is 0.709. The Kier molecular flexibility index (Phi) is 6.37. The highest BCUT2D eigenvalue weighted by Crippen LogP contribution is 2.23. The number of aromatic nitrogens is 2. The lowest BCUT2D eigenvalue weighted by Crippen LogP contribution is -2.09. The molecule has 4 nitrogen and oxygen atoms in total. The van der Waals surface area contributed by atoms with Crippen LogP contribution in [0.3, 0.4) is 0 Å². The van der Waals surface area contributed by atoms with Crippen molar-refractivity contribution in [1.82, 2.24) is 9.97 Å². The van der Waals surface area contributed by atoms with E-state index >= 15 is 0 Å². The molecular weight excluding hydrogens is 214 g/mol. The van der Waals surface area contributed by atoms with Crippen molar-refractivity contribution >= 4 is 5.82 Å². The highest BCUT2D eigenvalue weighted by Gasteiger charge is 2.11. The number of nitrogens with zero attached hydrogens (tertiary/aromatic N) is 2. The van der Waals surface area contributed by atoms with Crippen LogP contribution in [-0.2, 0) is 6.42 Å². The molecule has 96 valence electrons. The Morgan fingerprint density at radius 1 is 1.12 bits per heavy atom. The summed E-state index contributed by atoms with van der Waals surface area (Å²) in [6, 6.07) is 0. The smallest absolute Gasteiger partial charge is 0.221 e. The van der Waals surface area contributed by atoms with E-state index in [0.717, 1.165) is 49.5 Å². The van der Waals surface area contributed by atoms with E-state index in [1.165, 1.54) is 0 Å². The quantitative estimate of drug-likeness (QED) is 0.755. The van der Waals surface area contributed by atoms with Crippen LogP contribution >= 0.6 is 0 Å². The fourth-order valence-electron chi connectivity index (χ4n) is 1.59. The summed E-state index contributed by atoms with van der Waals surface area (Å²) in [5.41, 5.74) is 1.11. The number of rotatable bonds is 8. The summed E-state index contributed by atoms with van der Waals surface area (Å²) >= 11 is 0. The van der Waals surface area contributed by atoms with Crippen LogP contribution in [0.5, 0.6) is 5.88 Å². The van der Waals surface area contributed by atoms with E-state index < -0.39 is 0 Å². The molecule has 17 heavy (non-hydrogen) atoms. The number of hydrogen-bond donors (Lipinski definition) is 1. The molecule has 0 unspecified atom stereocenters. The first kappa shape index (κ1) is 13.7. The first-order valence-electron chi connectivity index (χ1n) is 6.53. The van der Waals surface area contributed by atoms with Gasteiger partial charge in [-0.15, -0.1) is 0 Å². The molecule has 0 aliphatic carbocycles. The second-order valence-corrected chi connectivity index (χ2v) is 4.03. The van der Waals surface area contributed by atoms with Gasteiger partial charge in [-0.05, 0) is 19.3 Å². The van der Waals surface area contributed by atoms with E-state index in [0.29, 0.717) is 6.61 Å². The van der Waals surface area contributed by atoms with Gasteiger partial charge in [-0.25, -0.2) is 9.97 Å². The van der Waals surface area contributed by atoms with Crippen LogP contribution in [0.2, 0.25) is 0 Å². The minimum Gasteiger partial charge on any atom is -0.477 e. The van der Waals surface area contributed by atoms with Crippen LogP contribution < -0.4 is 10.1 Å². The molecule has 1 N–H and O–H groups in total. The summed E-state index contributed by atoms with van der Waals surface area (Å²) < 4.78 is 5.67. The van der Waals surface area contributed by atoms with Gasteiger partial charge in [0.05, 0.1) is 12.2 Å². The van der Waals surface area contributed by atoms with Crippen LogP contribution in [-0.4, -0.2) is 23.1 Å². The Hall–Kier alpha value is -1.32. The number of ether oxygens (including phenoxy) is 1. The van der Waals surface area contributed by atoms with Crippen LogP contribution in [0.25, 0.3) is 0 Å². The molecule has 0 spiro atoms. The van der Waals surface area contributed by atoms with Gasteiger partial charge in [0, 0.05) is 6.54 Å². The fourth-order valence-corrected chi connectivity index (χ4v) is 1.59. The molecule has 1 rings (SSSR count). The normalized spacial score (nSPS) is 10.3. The summed E-state index contributed by atoms with van der Waals surface area (Å²) in [7, 11) is 0. The molecule has 1 heterocycles. The molecule has 4 heteroatoms. The first-order chi connectivity index (χ1) is 8.33. The lowest BCUT2D eigenvalue weighted by atomic mass is 10.1. The fraction of sp³-hybridized carbons (Fsp3) is 0.692. The molecule has 0 saturated heterocycles. The SMILES string of the molecule is CCCNc1ncnc(OCCC)c1CCC. The summed E-state index contributed by atoms with van der Waals surface area (Å²) in [6.45, 7) is 8.03. The topological polar surface area (TPSA) is 47.0 Å². The first-order valence-corrected chi connectivity index (χ1v) is 6.53. The Morgan fingerprint density at radius 3 is 2.59 bits per heavy atom. The van der Waals surface area contributed by atoms with E-state index in [1.807, 2.05) is 0 Å². The molecule has 0 saturated carbocycles. The van der Waals surface area contributed by atoms with E-state index in [-0.39, 0.29) is 0 Å². The average molecular weight is 237 g/mol. The zero-order chi connectivity index (χ0) is 12.5. The molecular formula is C13H23N3O. The zero-order valence-corrected chi connectivity index (χ0v) is 11.1. The van der Waals surface area contributed by atoms with Crippen molar-refractivity contribution in [3.63, 3.8) is 0 Å². The zero-order valence-electron chi connectivity index (χ0n) is 11.1. The van der Waals surface area contributed by atoms with Gasteiger partial charge >= 0.3 is 0 Å². The third kappa shape index (κ3) is 4.21. The standard InChI is InChI=1S/C13H23N3O/c1-4-7-11-12(14-8-5-2)15-10-16-13(11)17-9-6-3/h10H,4-9H2,1-3H3,(H,14,15,16). The van der Waals surface area contributed by atoms with E-state index in [4.69, 9.17) is 4.74 Å². The van der Waals surface area contributed by atoms with Crippen molar-refractivity contribution in [3.8, 4) is 5.88 Å². The lowest BCUT2D eigenvalue weighted by Gasteiger charge is -2.13. The monoisotopic (exact) mass is 237 g/mol. The molecule has 0 atom stereocenters. The van der Waals surface area contributed by atoms with E-state index in [1.54, 1.807) is 6.33 Å². The molecule has 0 fully saturated rings. The lowest BCUT2D eigenvalue weighted by molar-refractivity contribution is 0.301. The van der Waals surface area contributed by atoms with E-state index in [2.05, 4.69) is 36.1 Å². The van der Waals surface area contributed by atoms with Gasteiger partial charge in [0.1, 0.15) is 12.1 Å². The predicted octanol–water partition coefficient (Wildman–Crippen LogP) is 3.04. The molecule has 0 amide bonds. The van der Waals surface area contributed by atoms with Crippen molar-refractivity contribution < 1.29 is 4.74 Å². The van der Waals surface area contributed by atoms with Crippen LogP contribution in [0.1, 0.15) is 45.6 Å². The van der Waals surface area contributed by atoms with Gasteiger partial charge in [0.25, 0.3) is 0 Å². The number of hydrogen-bond acceptors (Lipinski definition) is 4. The van der Waals surface area contributed by atoms with Gasteiger partial charge in [-0.1, -0.05) is 27.2 Å². The highest BCUT2D eigenvalue weighted by molar-refractivity contribution is 5.48. The Bertz CT molecular complexity index is 302. The van der Waals surface area contributed by atoms with Crippen LogP contribution in [0.4, 0.5) is 5.82 Å². The Morgan fingerprint density at radius 2 is 1.94 bits per heavy atom. The number of nitrogens with one attached hydrogen (secondary N) is 1. The highest BCUT2D eigenvalue weighted by atomic mass is 16.5. The van der Waals surface area contributed by atoms with Gasteiger partial charge < -0.3 is 10.1 Å². The summed E-state index contributed by atoms with van der Waals surface area (Å²) in [5, 5.41) is 3.33. The molecule has 0 bridgehead atoms. The Balaban J connectivity index is 2.86. The van der Waals surface area contributed by atoms with Gasteiger partial charge in [-0.2, -0.15) is 0 Å². The molecule has 0 aliphatic rings. The maximum atomic E-state index is 5.67. The van der Waals surface area contributed by atoms with Gasteiger partial charge in [0.15, 0.2) is 0 Å². The molecule has 0 radical (unpaired) electrons. The van der Waals surface area contributed by atoms with Crippen molar-refractivity contribution in [2.75, 3.05) is 18.5 Å². The van der Waals surface area contributed by atoms with Gasteiger partial charge in [-0.3, -0.25) is 0 Å². The second-order valence-electron chi connectivity index (χ2n) is 4.03.